The van der Waals surface area contributed by atoms with Gasteiger partial charge in [0.05, 0.1) is 18.1 Å². The molecule has 0 radical (unpaired) electrons. The molecule has 1 aromatic heterocycles. The average Bonchev–Trinajstić information content (AvgIpc) is 2.49. The summed E-state index contributed by atoms with van der Waals surface area (Å²) in [5.41, 5.74) is 2.17. The molecule has 0 atom stereocenters. The number of nitrogens with zero attached hydrogens (tertiary/aromatic N) is 3. The smallest absolute Gasteiger partial charge is 0.159 e. The number of benzene rings is 1. The molecule has 2 heterocycles. The summed E-state index contributed by atoms with van der Waals surface area (Å²) in [6.45, 7) is 4.10. The van der Waals surface area contributed by atoms with E-state index in [0.717, 1.165) is 43.3 Å². The zero-order chi connectivity index (χ0) is 12.2. The standard InChI is InChI=1S/C14H16N4/c1-2-4-12(5-3-1)14-16-10-13(11-17-14)18-8-6-15-7-9-18/h1-5,10-11,15H,6-9H2. The van der Waals surface area contributed by atoms with Crippen molar-refractivity contribution in [2.24, 2.45) is 0 Å². The van der Waals surface area contributed by atoms with Gasteiger partial charge in [-0.3, -0.25) is 0 Å². The number of anilines is 1. The maximum absolute atomic E-state index is 4.45. The first kappa shape index (κ1) is 11.2. The number of hydrogen-bond donors (Lipinski definition) is 1. The van der Waals surface area contributed by atoms with E-state index in [1.165, 1.54) is 0 Å². The van der Waals surface area contributed by atoms with Crippen molar-refractivity contribution >= 4 is 5.69 Å². The van der Waals surface area contributed by atoms with E-state index in [1.54, 1.807) is 0 Å². The molecule has 1 fully saturated rings. The zero-order valence-electron chi connectivity index (χ0n) is 10.2. The van der Waals surface area contributed by atoms with Gasteiger partial charge in [-0.05, 0) is 0 Å². The SMILES string of the molecule is c1ccc(-c2ncc(N3CCNCC3)cn2)cc1. The highest BCUT2D eigenvalue weighted by Gasteiger charge is 2.11. The average molecular weight is 240 g/mol. The van der Waals surface area contributed by atoms with Crippen LogP contribution in [-0.2, 0) is 0 Å². The Labute approximate surface area is 107 Å². The Kier molecular flexibility index (Phi) is 3.19. The number of piperazine rings is 1. The van der Waals surface area contributed by atoms with Crippen molar-refractivity contribution in [2.75, 3.05) is 31.1 Å². The van der Waals surface area contributed by atoms with Crippen LogP contribution in [0.5, 0.6) is 0 Å². The Morgan fingerprint density at radius 3 is 2.28 bits per heavy atom. The molecule has 0 unspecified atom stereocenters. The van der Waals surface area contributed by atoms with Gasteiger partial charge in [-0.1, -0.05) is 30.3 Å². The van der Waals surface area contributed by atoms with Crippen LogP contribution in [0.4, 0.5) is 5.69 Å². The molecule has 3 rings (SSSR count). The lowest BCUT2D eigenvalue weighted by molar-refractivity contribution is 0.588. The second kappa shape index (κ2) is 5.14. The van der Waals surface area contributed by atoms with E-state index in [2.05, 4.69) is 20.2 Å². The van der Waals surface area contributed by atoms with Gasteiger partial charge in [-0.15, -0.1) is 0 Å². The van der Waals surface area contributed by atoms with Crippen molar-refractivity contribution in [3.8, 4) is 11.4 Å². The normalized spacial score (nSPS) is 15.7. The van der Waals surface area contributed by atoms with Crippen molar-refractivity contribution in [3.05, 3.63) is 42.7 Å². The molecule has 1 aliphatic rings. The van der Waals surface area contributed by atoms with Crippen molar-refractivity contribution in [1.82, 2.24) is 15.3 Å². The predicted octanol–water partition coefficient (Wildman–Crippen LogP) is 1.55. The molecule has 4 heteroatoms. The molecule has 1 aromatic carbocycles. The molecule has 18 heavy (non-hydrogen) atoms. The zero-order valence-corrected chi connectivity index (χ0v) is 10.2. The van der Waals surface area contributed by atoms with Crippen LogP contribution in [0.3, 0.4) is 0 Å². The Bertz CT molecular complexity index is 489. The van der Waals surface area contributed by atoms with E-state index >= 15 is 0 Å². The number of aromatic nitrogens is 2. The molecule has 0 saturated carbocycles. The first-order valence-electron chi connectivity index (χ1n) is 6.26. The molecule has 92 valence electrons. The lowest BCUT2D eigenvalue weighted by atomic mass is 10.2. The fourth-order valence-electron chi connectivity index (χ4n) is 2.14. The Morgan fingerprint density at radius 1 is 0.944 bits per heavy atom. The quantitative estimate of drug-likeness (QED) is 0.864. The van der Waals surface area contributed by atoms with Crippen LogP contribution in [0.1, 0.15) is 0 Å². The summed E-state index contributed by atoms with van der Waals surface area (Å²) in [6, 6.07) is 10.1. The van der Waals surface area contributed by atoms with Crippen molar-refractivity contribution in [2.45, 2.75) is 0 Å². The molecule has 4 nitrogen and oxygen atoms in total. The summed E-state index contributed by atoms with van der Waals surface area (Å²) in [6.07, 6.45) is 3.83. The lowest BCUT2D eigenvalue weighted by Gasteiger charge is -2.28. The van der Waals surface area contributed by atoms with E-state index in [4.69, 9.17) is 0 Å². The number of nitrogens with one attached hydrogen (secondary N) is 1. The van der Waals surface area contributed by atoms with E-state index in [0.29, 0.717) is 0 Å². The van der Waals surface area contributed by atoms with Gasteiger partial charge in [0.25, 0.3) is 0 Å². The molecule has 1 aliphatic heterocycles. The van der Waals surface area contributed by atoms with E-state index in [1.807, 2.05) is 42.7 Å². The Hall–Kier alpha value is -1.94. The monoisotopic (exact) mass is 240 g/mol. The van der Waals surface area contributed by atoms with Gasteiger partial charge in [-0.2, -0.15) is 0 Å². The minimum absolute atomic E-state index is 0.787. The van der Waals surface area contributed by atoms with Crippen LogP contribution in [-0.4, -0.2) is 36.1 Å². The Balaban J connectivity index is 1.80. The maximum atomic E-state index is 4.45. The highest BCUT2D eigenvalue weighted by molar-refractivity contribution is 5.56. The third kappa shape index (κ3) is 2.33. The second-order valence-corrected chi connectivity index (χ2v) is 4.37. The van der Waals surface area contributed by atoms with Gasteiger partial charge in [0.15, 0.2) is 5.82 Å². The highest BCUT2D eigenvalue weighted by atomic mass is 15.2. The first-order valence-corrected chi connectivity index (χ1v) is 6.26. The van der Waals surface area contributed by atoms with E-state index < -0.39 is 0 Å². The van der Waals surface area contributed by atoms with Crippen LogP contribution < -0.4 is 10.2 Å². The van der Waals surface area contributed by atoms with Crippen molar-refractivity contribution in [3.63, 3.8) is 0 Å². The molecule has 0 aliphatic carbocycles. The van der Waals surface area contributed by atoms with Gasteiger partial charge in [0.2, 0.25) is 0 Å². The summed E-state index contributed by atoms with van der Waals surface area (Å²) < 4.78 is 0. The molecular formula is C14H16N4. The fourth-order valence-corrected chi connectivity index (χ4v) is 2.14. The molecular weight excluding hydrogens is 224 g/mol. The van der Waals surface area contributed by atoms with Crippen LogP contribution in [0, 0.1) is 0 Å². The maximum Gasteiger partial charge on any atom is 0.159 e. The summed E-state index contributed by atoms with van der Waals surface area (Å²) in [5.74, 6) is 0.787. The van der Waals surface area contributed by atoms with Crippen LogP contribution in [0.15, 0.2) is 42.7 Å². The highest BCUT2D eigenvalue weighted by Crippen LogP contribution is 2.17. The van der Waals surface area contributed by atoms with Gasteiger partial charge in [-0.25, -0.2) is 9.97 Å². The first-order chi connectivity index (χ1) is 8.93. The topological polar surface area (TPSA) is 41.1 Å². The van der Waals surface area contributed by atoms with Crippen LogP contribution in [0.2, 0.25) is 0 Å². The summed E-state index contributed by atoms with van der Waals surface area (Å²) in [4.78, 5) is 11.2. The van der Waals surface area contributed by atoms with Gasteiger partial charge >= 0.3 is 0 Å². The third-order valence-electron chi connectivity index (χ3n) is 3.15. The van der Waals surface area contributed by atoms with E-state index in [-0.39, 0.29) is 0 Å². The van der Waals surface area contributed by atoms with Gasteiger partial charge in [0, 0.05) is 31.7 Å². The van der Waals surface area contributed by atoms with Crippen LogP contribution in [0.25, 0.3) is 11.4 Å². The third-order valence-corrected chi connectivity index (χ3v) is 3.15. The summed E-state index contributed by atoms with van der Waals surface area (Å²) in [7, 11) is 0. The lowest BCUT2D eigenvalue weighted by Crippen LogP contribution is -2.43. The fraction of sp³-hybridized carbons (Fsp3) is 0.286. The molecule has 0 amide bonds. The summed E-state index contributed by atoms with van der Waals surface area (Å²) >= 11 is 0. The second-order valence-electron chi connectivity index (χ2n) is 4.37. The Morgan fingerprint density at radius 2 is 1.61 bits per heavy atom. The minimum Gasteiger partial charge on any atom is -0.366 e. The number of rotatable bonds is 2. The molecule has 1 saturated heterocycles. The molecule has 2 aromatic rings. The van der Waals surface area contributed by atoms with E-state index in [9.17, 15) is 0 Å². The van der Waals surface area contributed by atoms with Crippen molar-refractivity contribution < 1.29 is 0 Å². The largest absolute Gasteiger partial charge is 0.366 e. The van der Waals surface area contributed by atoms with Crippen molar-refractivity contribution in [1.29, 1.82) is 0 Å². The number of hydrogen-bond acceptors (Lipinski definition) is 4. The molecule has 1 N–H and O–H groups in total. The van der Waals surface area contributed by atoms with Gasteiger partial charge in [0.1, 0.15) is 0 Å². The molecule has 0 bridgehead atoms. The molecule has 0 spiro atoms. The minimum atomic E-state index is 0.787. The van der Waals surface area contributed by atoms with Gasteiger partial charge < -0.3 is 10.2 Å². The summed E-state index contributed by atoms with van der Waals surface area (Å²) in [5, 5.41) is 3.34. The van der Waals surface area contributed by atoms with Crippen LogP contribution >= 0.6 is 0 Å². The predicted molar refractivity (Wildman–Crippen MR) is 72.6 cm³/mol.